The van der Waals surface area contributed by atoms with Gasteiger partial charge in [0.2, 0.25) is 5.91 Å². The van der Waals surface area contributed by atoms with E-state index in [-0.39, 0.29) is 28.9 Å². The summed E-state index contributed by atoms with van der Waals surface area (Å²) in [7, 11) is -2.96. The van der Waals surface area contributed by atoms with Crippen LogP contribution in [0.3, 0.4) is 0 Å². The van der Waals surface area contributed by atoms with E-state index in [1.807, 2.05) is 6.92 Å². The molecule has 1 amide bonds. The van der Waals surface area contributed by atoms with Gasteiger partial charge in [0.05, 0.1) is 16.9 Å². The van der Waals surface area contributed by atoms with Crippen molar-refractivity contribution in [2.45, 2.75) is 38.6 Å². The summed E-state index contributed by atoms with van der Waals surface area (Å²) in [4.78, 5) is 12.3. The number of hydrogen-bond acceptors (Lipinski definition) is 4. The molecule has 2 fully saturated rings. The van der Waals surface area contributed by atoms with Crippen LogP contribution in [0, 0.1) is 5.41 Å². The van der Waals surface area contributed by atoms with Crippen molar-refractivity contribution in [2.24, 2.45) is 5.41 Å². The molecule has 0 aromatic carbocycles. The summed E-state index contributed by atoms with van der Waals surface area (Å²) in [5, 5.41) is 6.16. The van der Waals surface area contributed by atoms with Crippen molar-refractivity contribution in [1.82, 2.24) is 10.6 Å². The molecule has 2 aliphatic rings. The Morgan fingerprint density at radius 1 is 1.39 bits per heavy atom. The Bertz CT molecular complexity index is 413. The van der Waals surface area contributed by atoms with Gasteiger partial charge in [0.1, 0.15) is 0 Å². The highest BCUT2D eigenvalue weighted by Crippen LogP contribution is 2.26. The normalized spacial score (nSPS) is 35.9. The zero-order valence-electron chi connectivity index (χ0n) is 10.9. The molecule has 0 bridgehead atoms. The molecule has 104 valence electrons. The molecule has 6 heteroatoms. The van der Waals surface area contributed by atoms with Crippen molar-refractivity contribution in [2.75, 3.05) is 24.6 Å². The van der Waals surface area contributed by atoms with Crippen molar-refractivity contribution in [3.05, 3.63) is 0 Å². The van der Waals surface area contributed by atoms with Crippen LogP contribution >= 0.6 is 0 Å². The van der Waals surface area contributed by atoms with E-state index in [1.165, 1.54) is 0 Å². The highest BCUT2D eigenvalue weighted by molar-refractivity contribution is 7.91. The van der Waals surface area contributed by atoms with Crippen LogP contribution in [0.1, 0.15) is 32.6 Å². The molecular weight excluding hydrogens is 252 g/mol. The van der Waals surface area contributed by atoms with E-state index in [1.54, 1.807) is 0 Å². The van der Waals surface area contributed by atoms with Gasteiger partial charge in [-0.1, -0.05) is 0 Å². The van der Waals surface area contributed by atoms with E-state index in [4.69, 9.17) is 0 Å². The minimum atomic E-state index is -2.96. The van der Waals surface area contributed by atoms with Crippen LogP contribution in [-0.2, 0) is 14.6 Å². The SMILES string of the molecule is C[C@@]1(C(=O)N[C@H]2CCCS(=O)(=O)C2)CCCNC1. The van der Waals surface area contributed by atoms with Gasteiger partial charge in [-0.3, -0.25) is 4.79 Å². The highest BCUT2D eigenvalue weighted by atomic mass is 32.2. The number of carbonyl (C=O) groups is 1. The second kappa shape index (κ2) is 5.17. The molecule has 0 aromatic heterocycles. The van der Waals surface area contributed by atoms with E-state index in [2.05, 4.69) is 10.6 Å². The molecule has 2 heterocycles. The van der Waals surface area contributed by atoms with Crippen LogP contribution in [0.5, 0.6) is 0 Å². The average molecular weight is 274 g/mol. The minimum Gasteiger partial charge on any atom is -0.352 e. The molecule has 0 aromatic rings. The molecule has 0 saturated carbocycles. The summed E-state index contributed by atoms with van der Waals surface area (Å²) in [6, 6.07) is -0.199. The summed E-state index contributed by atoms with van der Waals surface area (Å²) in [6.45, 7) is 3.59. The average Bonchev–Trinajstić information content (AvgIpc) is 2.28. The van der Waals surface area contributed by atoms with Crippen molar-refractivity contribution < 1.29 is 13.2 Å². The molecule has 2 rings (SSSR count). The lowest BCUT2D eigenvalue weighted by Crippen LogP contribution is -2.53. The summed E-state index contributed by atoms with van der Waals surface area (Å²) in [5.41, 5.74) is -0.389. The van der Waals surface area contributed by atoms with Gasteiger partial charge in [-0.2, -0.15) is 0 Å². The first-order valence-corrected chi connectivity index (χ1v) is 8.46. The lowest BCUT2D eigenvalue weighted by Gasteiger charge is -2.35. The Hall–Kier alpha value is -0.620. The van der Waals surface area contributed by atoms with Crippen LogP contribution < -0.4 is 10.6 Å². The van der Waals surface area contributed by atoms with Gasteiger partial charge in [0.15, 0.2) is 9.84 Å². The van der Waals surface area contributed by atoms with Gasteiger partial charge in [-0.15, -0.1) is 0 Å². The van der Waals surface area contributed by atoms with Crippen LogP contribution in [0.15, 0.2) is 0 Å². The highest BCUT2D eigenvalue weighted by Gasteiger charge is 2.36. The maximum Gasteiger partial charge on any atom is 0.227 e. The number of sulfone groups is 1. The van der Waals surface area contributed by atoms with E-state index < -0.39 is 9.84 Å². The fourth-order valence-electron chi connectivity index (χ4n) is 2.75. The topological polar surface area (TPSA) is 75.3 Å². The second-order valence-electron chi connectivity index (χ2n) is 5.77. The predicted octanol–water partition coefficient (Wildman–Crippen LogP) is 0.0695. The van der Waals surface area contributed by atoms with Gasteiger partial charge in [0.25, 0.3) is 0 Å². The zero-order chi connectivity index (χ0) is 13.2. The fourth-order valence-corrected chi connectivity index (χ4v) is 4.38. The van der Waals surface area contributed by atoms with E-state index >= 15 is 0 Å². The molecule has 2 N–H and O–H groups in total. The Labute approximate surface area is 109 Å². The van der Waals surface area contributed by atoms with Gasteiger partial charge >= 0.3 is 0 Å². The quantitative estimate of drug-likeness (QED) is 0.747. The number of rotatable bonds is 2. The third-order valence-corrected chi connectivity index (χ3v) is 5.76. The number of nitrogens with one attached hydrogen (secondary N) is 2. The summed E-state index contributed by atoms with van der Waals surface area (Å²) < 4.78 is 23.1. The van der Waals surface area contributed by atoms with Crippen molar-refractivity contribution in [1.29, 1.82) is 0 Å². The van der Waals surface area contributed by atoms with Gasteiger partial charge in [-0.05, 0) is 39.2 Å². The number of amides is 1. The minimum absolute atomic E-state index is 0.00296. The molecule has 0 unspecified atom stereocenters. The standard InChI is InChI=1S/C12H22N2O3S/c1-12(5-3-6-13-9-12)11(15)14-10-4-2-7-18(16,17)8-10/h10,13H,2-9H2,1H3,(H,14,15)/t10-,12+/m0/s1. The molecule has 5 nitrogen and oxygen atoms in total. The number of carbonyl (C=O) groups excluding carboxylic acids is 1. The molecule has 2 atom stereocenters. The number of hydrogen-bond donors (Lipinski definition) is 2. The van der Waals surface area contributed by atoms with Crippen molar-refractivity contribution in [3.8, 4) is 0 Å². The first-order chi connectivity index (χ1) is 8.41. The van der Waals surface area contributed by atoms with Crippen LogP contribution in [0.4, 0.5) is 0 Å². The van der Waals surface area contributed by atoms with Gasteiger partial charge in [-0.25, -0.2) is 8.42 Å². The maximum absolute atomic E-state index is 12.3. The van der Waals surface area contributed by atoms with Crippen LogP contribution in [0.25, 0.3) is 0 Å². The maximum atomic E-state index is 12.3. The molecule has 0 spiro atoms. The third-order valence-electron chi connectivity index (χ3n) is 3.94. The van der Waals surface area contributed by atoms with Crippen molar-refractivity contribution in [3.63, 3.8) is 0 Å². The Morgan fingerprint density at radius 2 is 2.17 bits per heavy atom. The van der Waals surface area contributed by atoms with Crippen LogP contribution in [0.2, 0.25) is 0 Å². The second-order valence-corrected chi connectivity index (χ2v) is 8.00. The monoisotopic (exact) mass is 274 g/mol. The lowest BCUT2D eigenvalue weighted by molar-refractivity contribution is -0.131. The Balaban J connectivity index is 1.94. The molecule has 2 saturated heterocycles. The smallest absolute Gasteiger partial charge is 0.227 e. The molecule has 2 aliphatic heterocycles. The van der Waals surface area contributed by atoms with Gasteiger partial charge in [0, 0.05) is 12.6 Å². The lowest BCUT2D eigenvalue weighted by atomic mass is 9.81. The Morgan fingerprint density at radius 3 is 2.78 bits per heavy atom. The largest absolute Gasteiger partial charge is 0.352 e. The van der Waals surface area contributed by atoms with Crippen LogP contribution in [-0.4, -0.2) is 45.0 Å². The first kappa shape index (κ1) is 13.8. The fraction of sp³-hybridized carbons (Fsp3) is 0.917. The van der Waals surface area contributed by atoms with E-state index in [0.29, 0.717) is 13.0 Å². The molecule has 18 heavy (non-hydrogen) atoms. The Kier molecular flexibility index (Phi) is 3.96. The third kappa shape index (κ3) is 3.23. The molecule has 0 radical (unpaired) electrons. The summed E-state index contributed by atoms with van der Waals surface area (Å²) >= 11 is 0. The number of piperidine rings is 1. The summed E-state index contributed by atoms with van der Waals surface area (Å²) in [6.07, 6.45) is 3.29. The molecule has 0 aliphatic carbocycles. The van der Waals surface area contributed by atoms with E-state index in [9.17, 15) is 13.2 Å². The summed E-state index contributed by atoms with van der Waals surface area (Å²) in [5.74, 6) is 0.359. The molecular formula is C12H22N2O3S. The van der Waals surface area contributed by atoms with E-state index in [0.717, 1.165) is 25.8 Å². The van der Waals surface area contributed by atoms with Crippen molar-refractivity contribution >= 4 is 15.7 Å². The zero-order valence-corrected chi connectivity index (χ0v) is 11.7. The first-order valence-electron chi connectivity index (χ1n) is 6.63. The predicted molar refractivity (Wildman–Crippen MR) is 70.0 cm³/mol. The van der Waals surface area contributed by atoms with Gasteiger partial charge < -0.3 is 10.6 Å².